The molecule has 1 rings (SSSR count). The molecule has 1 amide bonds. The summed E-state index contributed by atoms with van der Waals surface area (Å²) in [6.07, 6.45) is 0. The summed E-state index contributed by atoms with van der Waals surface area (Å²) in [4.78, 5) is 11.4. The maximum absolute atomic E-state index is 11.4. The Morgan fingerprint density at radius 3 is 2.71 bits per heavy atom. The van der Waals surface area contributed by atoms with Crippen LogP contribution >= 0.6 is 0 Å². The van der Waals surface area contributed by atoms with Crippen molar-refractivity contribution in [3.05, 3.63) is 35.9 Å². The van der Waals surface area contributed by atoms with Crippen LogP contribution in [0.1, 0.15) is 10.4 Å². The predicted molar refractivity (Wildman–Crippen MR) is 51.7 cm³/mol. The van der Waals surface area contributed by atoms with Crippen molar-refractivity contribution in [3.63, 3.8) is 0 Å². The van der Waals surface area contributed by atoms with Gasteiger partial charge in [0.2, 0.25) is 0 Å². The summed E-state index contributed by atoms with van der Waals surface area (Å²) >= 11 is 0. The summed E-state index contributed by atoms with van der Waals surface area (Å²) in [5.74, 6) is -0.151. The Balaban J connectivity index is 2.29. The number of nitrogens with one attached hydrogen (secondary N) is 1. The van der Waals surface area contributed by atoms with Crippen LogP contribution in [0.3, 0.4) is 0 Å². The van der Waals surface area contributed by atoms with Crippen molar-refractivity contribution in [3.8, 4) is 0 Å². The molecule has 1 N–H and O–H groups in total. The zero-order valence-electron chi connectivity index (χ0n) is 8.03. The van der Waals surface area contributed by atoms with E-state index in [1.807, 2.05) is 18.2 Å². The first kappa shape index (κ1) is 10.7. The average Bonchev–Trinajstić information content (AvgIpc) is 2.25. The molecule has 0 saturated heterocycles. The minimum atomic E-state index is -0.151. The van der Waals surface area contributed by atoms with Gasteiger partial charge in [-0.1, -0.05) is 18.2 Å². The fraction of sp³-hybridized carbons (Fsp3) is 0.300. The van der Waals surface area contributed by atoms with Gasteiger partial charge in [0.25, 0.3) is 5.91 Å². The molecule has 76 valence electrons. The second-order valence-electron chi connectivity index (χ2n) is 2.63. The first-order valence-corrected chi connectivity index (χ1v) is 4.24. The Morgan fingerprint density at radius 1 is 1.36 bits per heavy atom. The molecule has 0 unspecified atom stereocenters. The number of benzene rings is 1. The Kier molecular flexibility index (Phi) is 4.68. The van der Waals surface area contributed by atoms with Crippen molar-refractivity contribution in [2.75, 3.05) is 20.6 Å². The third-order valence-corrected chi connectivity index (χ3v) is 1.57. The Morgan fingerprint density at radius 2 is 2.07 bits per heavy atom. The van der Waals surface area contributed by atoms with Crippen LogP contribution in [0.2, 0.25) is 0 Å². The van der Waals surface area contributed by atoms with Gasteiger partial charge in [0.05, 0.1) is 0 Å². The topological polar surface area (TPSA) is 47.6 Å². The molecule has 0 fully saturated rings. The van der Waals surface area contributed by atoms with E-state index in [2.05, 4.69) is 10.1 Å². The molecule has 14 heavy (non-hydrogen) atoms. The maximum atomic E-state index is 11.4. The van der Waals surface area contributed by atoms with Crippen molar-refractivity contribution in [1.29, 1.82) is 0 Å². The van der Waals surface area contributed by atoms with E-state index in [0.717, 1.165) is 0 Å². The number of rotatable bonds is 5. The van der Waals surface area contributed by atoms with Crippen molar-refractivity contribution < 1.29 is 14.3 Å². The molecule has 4 nitrogen and oxygen atoms in total. The highest BCUT2D eigenvalue weighted by atomic mass is 16.7. The predicted octanol–water partition coefficient (Wildman–Crippen LogP) is 0.994. The summed E-state index contributed by atoms with van der Waals surface area (Å²) in [7, 11) is 1.53. The van der Waals surface area contributed by atoms with Crippen molar-refractivity contribution in [2.45, 2.75) is 0 Å². The zero-order valence-corrected chi connectivity index (χ0v) is 8.03. The van der Waals surface area contributed by atoms with Gasteiger partial charge in [-0.25, -0.2) is 0 Å². The molecule has 0 atom stereocenters. The number of methoxy groups -OCH3 is 1. The number of ether oxygens (including phenoxy) is 2. The lowest BCUT2D eigenvalue weighted by Crippen LogP contribution is -2.26. The van der Waals surface area contributed by atoms with E-state index >= 15 is 0 Å². The van der Waals surface area contributed by atoms with Gasteiger partial charge in [-0.3, -0.25) is 4.79 Å². The highest BCUT2D eigenvalue weighted by Crippen LogP contribution is 1.97. The fourth-order valence-electron chi connectivity index (χ4n) is 0.933. The quantitative estimate of drug-likeness (QED) is 0.563. The monoisotopic (exact) mass is 195 g/mol. The normalized spacial score (nSPS) is 9.79. The Labute approximate surface area is 82.8 Å². The minimum absolute atomic E-state index is 0.151. The molecule has 0 saturated carbocycles. The molecule has 0 aliphatic carbocycles. The van der Waals surface area contributed by atoms with E-state index in [0.29, 0.717) is 5.56 Å². The van der Waals surface area contributed by atoms with Crippen molar-refractivity contribution in [1.82, 2.24) is 5.32 Å². The van der Waals surface area contributed by atoms with Gasteiger partial charge in [-0.05, 0) is 12.1 Å². The second kappa shape index (κ2) is 6.12. The van der Waals surface area contributed by atoms with E-state index in [4.69, 9.17) is 4.74 Å². The molecular weight excluding hydrogens is 182 g/mol. The lowest BCUT2D eigenvalue weighted by Gasteiger charge is -2.05. The number of carbonyl (C=O) groups is 1. The summed E-state index contributed by atoms with van der Waals surface area (Å²) in [5.41, 5.74) is 0.619. The first-order chi connectivity index (χ1) is 6.84. The number of amides is 1. The summed E-state index contributed by atoms with van der Waals surface area (Å²) in [6, 6.07) is 8.96. The lowest BCUT2D eigenvalue weighted by molar-refractivity contribution is -0.0353. The highest BCUT2D eigenvalue weighted by Gasteiger charge is 2.01. The number of carbonyl (C=O) groups excluding carboxylic acids is 1. The van der Waals surface area contributed by atoms with Crippen LogP contribution in [0.5, 0.6) is 0 Å². The maximum Gasteiger partial charge on any atom is 0.253 e. The van der Waals surface area contributed by atoms with Crippen LogP contribution in [0, 0.1) is 0 Å². The Hall–Kier alpha value is -1.39. The first-order valence-electron chi connectivity index (χ1n) is 4.24. The standard InChI is InChI=1S/C10H13NO3/c1-13-8-14-7-11-10(12)9-5-3-2-4-6-9/h2-6H,7-8H2,1H3,(H,11,12). The van der Waals surface area contributed by atoms with Gasteiger partial charge in [0, 0.05) is 12.7 Å². The van der Waals surface area contributed by atoms with E-state index in [9.17, 15) is 4.79 Å². The molecule has 0 heterocycles. The molecule has 0 aliphatic heterocycles. The average molecular weight is 195 g/mol. The van der Waals surface area contributed by atoms with E-state index < -0.39 is 0 Å². The third kappa shape index (κ3) is 3.55. The second-order valence-corrected chi connectivity index (χ2v) is 2.63. The summed E-state index contributed by atoms with van der Waals surface area (Å²) in [6.45, 7) is 0.330. The number of hydrogen-bond donors (Lipinski definition) is 1. The lowest BCUT2D eigenvalue weighted by atomic mass is 10.2. The van der Waals surface area contributed by atoms with Gasteiger partial charge in [-0.2, -0.15) is 0 Å². The van der Waals surface area contributed by atoms with Crippen LogP contribution in [0.15, 0.2) is 30.3 Å². The molecule has 0 bridgehead atoms. The SMILES string of the molecule is COCOCNC(=O)c1ccccc1. The van der Waals surface area contributed by atoms with Crippen molar-refractivity contribution >= 4 is 5.91 Å². The molecule has 4 heteroatoms. The van der Waals surface area contributed by atoms with E-state index in [1.165, 1.54) is 7.11 Å². The van der Waals surface area contributed by atoms with Crippen LogP contribution in [-0.2, 0) is 9.47 Å². The van der Waals surface area contributed by atoms with Gasteiger partial charge in [0.15, 0.2) is 0 Å². The number of hydrogen-bond acceptors (Lipinski definition) is 3. The molecule has 1 aromatic rings. The van der Waals surface area contributed by atoms with Crippen LogP contribution < -0.4 is 5.32 Å². The molecule has 0 radical (unpaired) electrons. The Bertz CT molecular complexity index is 274. The molecule has 0 aromatic heterocycles. The van der Waals surface area contributed by atoms with E-state index in [1.54, 1.807) is 12.1 Å². The summed E-state index contributed by atoms with van der Waals surface area (Å²) < 4.78 is 9.58. The van der Waals surface area contributed by atoms with Crippen LogP contribution in [-0.4, -0.2) is 26.5 Å². The van der Waals surface area contributed by atoms with Crippen molar-refractivity contribution in [2.24, 2.45) is 0 Å². The molecular formula is C10H13NO3. The molecule has 0 aliphatic rings. The minimum Gasteiger partial charge on any atom is -0.359 e. The summed E-state index contributed by atoms with van der Waals surface area (Å²) in [5, 5.41) is 2.59. The smallest absolute Gasteiger partial charge is 0.253 e. The fourth-order valence-corrected chi connectivity index (χ4v) is 0.933. The van der Waals surface area contributed by atoms with Gasteiger partial charge in [-0.15, -0.1) is 0 Å². The molecule has 1 aromatic carbocycles. The zero-order chi connectivity index (χ0) is 10.2. The van der Waals surface area contributed by atoms with Gasteiger partial charge < -0.3 is 14.8 Å². The van der Waals surface area contributed by atoms with Crippen LogP contribution in [0.4, 0.5) is 0 Å². The van der Waals surface area contributed by atoms with Crippen LogP contribution in [0.25, 0.3) is 0 Å². The van der Waals surface area contributed by atoms with Gasteiger partial charge >= 0.3 is 0 Å². The third-order valence-electron chi connectivity index (χ3n) is 1.57. The molecule has 0 spiro atoms. The highest BCUT2D eigenvalue weighted by molar-refractivity contribution is 5.93. The van der Waals surface area contributed by atoms with E-state index in [-0.39, 0.29) is 19.4 Å². The largest absolute Gasteiger partial charge is 0.359 e. The van der Waals surface area contributed by atoms with Gasteiger partial charge in [0.1, 0.15) is 13.5 Å².